The molecular formula is C68H45N3S. The molecule has 338 valence electrons. The van der Waals surface area contributed by atoms with Crippen LogP contribution >= 0.6 is 11.8 Å². The van der Waals surface area contributed by atoms with E-state index in [1.165, 1.54) is 98.4 Å². The maximum absolute atomic E-state index is 5.42. The van der Waals surface area contributed by atoms with Crippen LogP contribution in [0.5, 0.6) is 0 Å². The fourth-order valence-corrected chi connectivity index (χ4v) is 13.9. The quantitative estimate of drug-likeness (QED) is 0.172. The summed E-state index contributed by atoms with van der Waals surface area (Å²) in [5.74, 6) is 0.694. The number of fused-ring (bicyclic) bond motifs is 15. The predicted octanol–water partition coefficient (Wildman–Crippen LogP) is 17.4. The normalized spacial score (nSPS) is 14.1. The molecule has 1 spiro atoms. The molecule has 0 saturated heterocycles. The summed E-state index contributed by atoms with van der Waals surface area (Å²) in [5.41, 5.74) is 23.4. The van der Waals surface area contributed by atoms with E-state index in [9.17, 15) is 0 Å². The van der Waals surface area contributed by atoms with Crippen LogP contribution in [-0.4, -0.2) is 14.5 Å². The number of hydrogen-bond acceptors (Lipinski definition) is 3. The average Bonchev–Trinajstić information content (AvgIpc) is 4.02. The van der Waals surface area contributed by atoms with Gasteiger partial charge in [-0.3, -0.25) is 0 Å². The minimum atomic E-state index is -0.417. The highest BCUT2D eigenvalue weighted by molar-refractivity contribution is 7.99. The molecule has 0 fully saturated rings. The van der Waals surface area contributed by atoms with E-state index in [2.05, 4.69) is 255 Å². The van der Waals surface area contributed by atoms with Gasteiger partial charge in [0.15, 0.2) is 5.82 Å². The van der Waals surface area contributed by atoms with Crippen molar-refractivity contribution in [1.82, 2.24) is 14.5 Å². The van der Waals surface area contributed by atoms with Crippen molar-refractivity contribution in [1.29, 1.82) is 0 Å². The largest absolute Gasteiger partial charge is 0.309 e. The first-order valence-corrected chi connectivity index (χ1v) is 25.7. The first kappa shape index (κ1) is 41.2. The van der Waals surface area contributed by atoms with E-state index >= 15 is 0 Å². The summed E-state index contributed by atoms with van der Waals surface area (Å²) < 4.78 is 2.36. The summed E-state index contributed by atoms with van der Waals surface area (Å²) in [6, 6.07) is 87.1. The van der Waals surface area contributed by atoms with Crippen LogP contribution < -0.4 is 0 Å². The lowest BCUT2D eigenvalue weighted by Gasteiger charge is -2.39. The zero-order valence-corrected chi connectivity index (χ0v) is 40.6. The van der Waals surface area contributed by atoms with Gasteiger partial charge in [0.1, 0.15) is 0 Å². The lowest BCUT2D eigenvalue weighted by Crippen LogP contribution is -2.31. The summed E-state index contributed by atoms with van der Waals surface area (Å²) >= 11 is 1.89. The van der Waals surface area contributed by atoms with Gasteiger partial charge < -0.3 is 4.57 Å². The number of para-hydroxylation sites is 2. The van der Waals surface area contributed by atoms with Crippen molar-refractivity contribution in [2.24, 2.45) is 0 Å². The van der Waals surface area contributed by atoms with Gasteiger partial charge in [-0.05, 0) is 121 Å². The summed E-state index contributed by atoms with van der Waals surface area (Å²) in [4.78, 5) is 13.3. The molecule has 0 N–H and O–H groups in total. The smallest absolute Gasteiger partial charge is 0.160 e. The van der Waals surface area contributed by atoms with Crippen molar-refractivity contribution in [3.8, 4) is 73.0 Å². The standard InChI is InChI=1S/C68H45N3S/c1-67(2)57-39-43(47-25-17-29-56-65(47)52-24-6-9-26-53(52)68(56)54-27-10-14-32-63(54)72-64-33-15-11-28-55(64)68)34-36-48(57)49-37-35-44(40-58(49)67)60-41-59(42-18-4-3-5-19-42)69-66(70-60)45-20-16-21-46(38-45)71-61-30-12-7-22-50(61)51-23-8-13-31-62(51)71/h3-41H,1-2H3. The number of hydrogen-bond donors (Lipinski definition) is 0. The Labute approximate surface area is 423 Å². The summed E-state index contributed by atoms with van der Waals surface area (Å²) in [6.07, 6.45) is 0. The Morgan fingerprint density at radius 2 is 0.889 bits per heavy atom. The maximum atomic E-state index is 5.42. The van der Waals surface area contributed by atoms with Crippen LogP contribution in [0.4, 0.5) is 0 Å². The molecule has 0 bridgehead atoms. The second kappa shape index (κ2) is 15.5. The van der Waals surface area contributed by atoms with E-state index in [4.69, 9.17) is 9.97 Å². The summed E-state index contributed by atoms with van der Waals surface area (Å²) in [6.45, 7) is 4.78. The van der Waals surface area contributed by atoms with Crippen molar-refractivity contribution in [2.45, 2.75) is 34.5 Å². The van der Waals surface area contributed by atoms with Crippen molar-refractivity contribution >= 4 is 33.6 Å². The highest BCUT2D eigenvalue weighted by atomic mass is 32.2. The Morgan fingerprint density at radius 1 is 0.361 bits per heavy atom. The minimum absolute atomic E-state index is 0.277. The zero-order chi connectivity index (χ0) is 47.7. The second-order valence-corrected chi connectivity index (χ2v) is 21.1. The van der Waals surface area contributed by atoms with Gasteiger partial charge in [-0.25, -0.2) is 9.97 Å². The Morgan fingerprint density at radius 3 is 1.60 bits per heavy atom. The number of nitrogens with zero attached hydrogens (tertiary/aromatic N) is 3. The van der Waals surface area contributed by atoms with Gasteiger partial charge in [-0.15, -0.1) is 0 Å². The monoisotopic (exact) mass is 935 g/mol. The molecule has 0 saturated carbocycles. The third-order valence-electron chi connectivity index (χ3n) is 15.9. The first-order valence-electron chi connectivity index (χ1n) is 24.9. The molecule has 15 rings (SSSR count). The molecule has 3 aliphatic rings. The number of aromatic nitrogens is 3. The third-order valence-corrected chi connectivity index (χ3v) is 17.0. The van der Waals surface area contributed by atoms with E-state index in [1.54, 1.807) is 0 Å². The molecule has 10 aromatic carbocycles. The molecule has 3 nitrogen and oxygen atoms in total. The minimum Gasteiger partial charge on any atom is -0.309 e. The lowest BCUT2D eigenvalue weighted by molar-refractivity contribution is 0.661. The fraction of sp³-hybridized carbons (Fsp3) is 0.0588. The first-order chi connectivity index (χ1) is 35.4. The molecule has 1 aliphatic heterocycles. The number of rotatable bonds is 5. The SMILES string of the molecule is CC1(C)c2cc(-c3cc(-c4ccccc4)nc(-c4cccc(-n5c6ccccc6c6ccccc65)c4)n3)ccc2-c2ccc(-c3cccc4c3-c3ccccc3C43c4ccccc4Sc4ccccc43)cc21. The highest BCUT2D eigenvalue weighted by Gasteiger charge is 2.50. The van der Waals surface area contributed by atoms with Crippen LogP contribution in [0.15, 0.2) is 246 Å². The van der Waals surface area contributed by atoms with Crippen molar-refractivity contribution < 1.29 is 0 Å². The zero-order valence-electron chi connectivity index (χ0n) is 39.8. The molecule has 2 aromatic heterocycles. The van der Waals surface area contributed by atoms with E-state index < -0.39 is 5.41 Å². The Bertz CT molecular complexity index is 4140. The van der Waals surface area contributed by atoms with Crippen molar-refractivity contribution in [2.75, 3.05) is 0 Å². The molecule has 12 aromatic rings. The molecule has 3 heterocycles. The van der Waals surface area contributed by atoms with E-state index in [-0.39, 0.29) is 5.41 Å². The van der Waals surface area contributed by atoms with Gasteiger partial charge >= 0.3 is 0 Å². The van der Waals surface area contributed by atoms with Crippen LogP contribution in [0.3, 0.4) is 0 Å². The Kier molecular flexibility index (Phi) is 8.86. The molecular weight excluding hydrogens is 891 g/mol. The lowest BCUT2D eigenvalue weighted by atomic mass is 9.67. The fourth-order valence-electron chi connectivity index (χ4n) is 12.7. The van der Waals surface area contributed by atoms with E-state index in [0.717, 1.165) is 33.8 Å². The average molecular weight is 936 g/mol. The van der Waals surface area contributed by atoms with Crippen molar-refractivity contribution in [3.05, 3.63) is 270 Å². The Hall–Kier alpha value is -8.57. The summed E-state index contributed by atoms with van der Waals surface area (Å²) in [5, 5.41) is 2.47. The molecule has 0 unspecified atom stereocenters. The van der Waals surface area contributed by atoms with Crippen LogP contribution in [-0.2, 0) is 10.8 Å². The van der Waals surface area contributed by atoms with Gasteiger partial charge in [-0.2, -0.15) is 0 Å². The van der Waals surface area contributed by atoms with Gasteiger partial charge in [0.05, 0.1) is 27.8 Å². The highest BCUT2D eigenvalue weighted by Crippen LogP contribution is 2.63. The molecule has 4 heteroatoms. The Balaban J connectivity index is 0.846. The third kappa shape index (κ3) is 5.81. The predicted molar refractivity (Wildman–Crippen MR) is 297 cm³/mol. The van der Waals surface area contributed by atoms with E-state index in [0.29, 0.717) is 5.82 Å². The van der Waals surface area contributed by atoms with Gasteiger partial charge in [0.2, 0.25) is 0 Å². The van der Waals surface area contributed by atoms with E-state index in [1.807, 2.05) is 11.8 Å². The molecule has 0 radical (unpaired) electrons. The van der Waals surface area contributed by atoms with Crippen LogP contribution in [0.1, 0.15) is 47.2 Å². The second-order valence-electron chi connectivity index (χ2n) is 20.0. The van der Waals surface area contributed by atoms with Gasteiger partial charge in [0.25, 0.3) is 0 Å². The summed E-state index contributed by atoms with van der Waals surface area (Å²) in [7, 11) is 0. The molecule has 2 aliphatic carbocycles. The topological polar surface area (TPSA) is 30.7 Å². The van der Waals surface area contributed by atoms with Crippen LogP contribution in [0.2, 0.25) is 0 Å². The molecule has 0 atom stereocenters. The van der Waals surface area contributed by atoms with Crippen molar-refractivity contribution in [3.63, 3.8) is 0 Å². The van der Waals surface area contributed by atoms with Crippen LogP contribution in [0, 0.1) is 0 Å². The maximum Gasteiger partial charge on any atom is 0.160 e. The molecule has 0 amide bonds. The number of benzene rings is 10. The van der Waals surface area contributed by atoms with Crippen LogP contribution in [0.25, 0.3) is 94.8 Å². The molecule has 72 heavy (non-hydrogen) atoms. The van der Waals surface area contributed by atoms with Gasteiger partial charge in [-0.1, -0.05) is 208 Å². The van der Waals surface area contributed by atoms with Gasteiger partial charge in [0, 0.05) is 48.4 Å².